The molecular weight excluding hydrogens is 659 g/mol. The van der Waals surface area contributed by atoms with E-state index in [0.717, 1.165) is 77.7 Å². The monoisotopic (exact) mass is 700 g/mol. The van der Waals surface area contributed by atoms with Gasteiger partial charge in [0, 0.05) is 61.1 Å². The number of halogens is 1. The van der Waals surface area contributed by atoms with Crippen molar-refractivity contribution in [2.45, 2.75) is 45.6 Å². The van der Waals surface area contributed by atoms with Crippen LogP contribution in [0.15, 0.2) is 90.3 Å². The number of aryl methyl sites for hydroxylation is 1. The number of piperidine rings is 1. The second kappa shape index (κ2) is 14.4. The summed E-state index contributed by atoms with van der Waals surface area (Å²) in [6, 6.07) is 18.9. The molecule has 1 unspecified atom stereocenters. The standard InChI is InChI=1S/C40H41FN8O3/c1-5-27(23-42)19-32(41)25(2)24-52-37-8-6-7-36(45-37)48-15-13-40(14-16-48)22-31(40)38-44-34-20-28(9-12-35(34)49(38)17-18-51-4)39(50)43-29-10-11-33-30(21-29)26(3)46-47-33/h5-12,19-21,31H,1,13-18,22,24H2,2-4H3,(H,43,50)(H,46,47)/b27-19+,32-25-. The molecule has 4 heterocycles. The van der Waals surface area contributed by atoms with Crippen molar-refractivity contribution in [1.82, 2.24) is 24.7 Å². The van der Waals surface area contributed by atoms with Crippen LogP contribution in [0.4, 0.5) is 15.9 Å². The maximum atomic E-state index is 14.5. The molecule has 1 aliphatic heterocycles. The van der Waals surface area contributed by atoms with Crippen LogP contribution < -0.4 is 15.0 Å². The van der Waals surface area contributed by atoms with Gasteiger partial charge in [-0.15, -0.1) is 0 Å². The molecule has 1 saturated heterocycles. The number of ether oxygens (including phenoxy) is 2. The predicted molar refractivity (Wildman–Crippen MR) is 199 cm³/mol. The Morgan fingerprint density at radius 2 is 2.00 bits per heavy atom. The number of aromatic nitrogens is 5. The number of carbonyl (C=O) groups is 1. The molecule has 2 aliphatic rings. The maximum Gasteiger partial charge on any atom is 0.255 e. The third kappa shape index (κ3) is 6.92. The van der Waals surface area contributed by atoms with Crippen LogP contribution in [0.2, 0.25) is 0 Å². The number of nitriles is 1. The van der Waals surface area contributed by atoms with Crippen molar-refractivity contribution in [1.29, 1.82) is 5.26 Å². The van der Waals surface area contributed by atoms with E-state index in [-0.39, 0.29) is 23.5 Å². The summed E-state index contributed by atoms with van der Waals surface area (Å²) in [5.74, 6) is 1.88. The largest absolute Gasteiger partial charge is 0.473 e. The summed E-state index contributed by atoms with van der Waals surface area (Å²) in [7, 11) is 1.70. The highest BCUT2D eigenvalue weighted by molar-refractivity contribution is 6.06. The Kier molecular flexibility index (Phi) is 9.62. The van der Waals surface area contributed by atoms with E-state index >= 15 is 0 Å². The van der Waals surface area contributed by atoms with E-state index in [2.05, 4.69) is 31.6 Å². The molecular formula is C40H41FN8O3. The first-order valence-electron chi connectivity index (χ1n) is 17.4. The van der Waals surface area contributed by atoms with Crippen molar-refractivity contribution >= 4 is 39.3 Å². The Hall–Kier alpha value is -5.80. The average molecular weight is 701 g/mol. The number of hydrogen-bond acceptors (Lipinski definition) is 8. The lowest BCUT2D eigenvalue weighted by Crippen LogP contribution is -2.35. The molecule has 1 amide bonds. The smallest absolute Gasteiger partial charge is 0.255 e. The molecule has 7 rings (SSSR count). The lowest BCUT2D eigenvalue weighted by molar-refractivity contribution is 0.102. The highest BCUT2D eigenvalue weighted by Gasteiger charge is 2.57. The van der Waals surface area contributed by atoms with Gasteiger partial charge in [0.2, 0.25) is 5.88 Å². The van der Waals surface area contributed by atoms with E-state index in [1.165, 1.54) is 6.08 Å². The predicted octanol–water partition coefficient (Wildman–Crippen LogP) is 7.55. The molecule has 11 nitrogen and oxygen atoms in total. The highest BCUT2D eigenvalue weighted by atomic mass is 19.1. The SMILES string of the molecule is C=C/C(C#N)=C\C(F)=C(/C)COc1cccc(N2CCC3(CC2)CC3c2nc3cc(C(=O)Nc4ccc5n[nH]c(C)c5c4)ccc3n2CCOC)n1. The number of benzene rings is 2. The van der Waals surface area contributed by atoms with Crippen molar-refractivity contribution in [2.75, 3.05) is 43.6 Å². The number of hydrogen-bond donors (Lipinski definition) is 2. The number of aromatic amines is 1. The first-order chi connectivity index (χ1) is 25.2. The van der Waals surface area contributed by atoms with Crippen molar-refractivity contribution < 1.29 is 18.7 Å². The summed E-state index contributed by atoms with van der Waals surface area (Å²) in [4.78, 5) is 25.5. The Morgan fingerprint density at radius 3 is 2.77 bits per heavy atom. The Bertz CT molecular complexity index is 2270. The molecule has 1 atom stereocenters. The van der Waals surface area contributed by atoms with Gasteiger partial charge in [-0.3, -0.25) is 9.89 Å². The van der Waals surface area contributed by atoms with Gasteiger partial charge in [0.25, 0.3) is 5.91 Å². The zero-order chi connectivity index (χ0) is 36.4. The number of allylic oxidation sites excluding steroid dienone is 4. The van der Waals surface area contributed by atoms with E-state index in [1.807, 2.05) is 61.5 Å². The second-order valence-electron chi connectivity index (χ2n) is 13.6. The lowest BCUT2D eigenvalue weighted by Gasteiger charge is -2.34. The molecule has 12 heteroatoms. The fourth-order valence-electron chi connectivity index (χ4n) is 7.15. The number of amides is 1. The number of H-pyrrole nitrogens is 1. The van der Waals surface area contributed by atoms with Gasteiger partial charge < -0.3 is 24.3 Å². The number of carbonyl (C=O) groups excluding carboxylic acids is 1. The molecule has 2 fully saturated rings. The zero-order valence-corrected chi connectivity index (χ0v) is 29.6. The molecule has 1 spiro atoms. The highest BCUT2D eigenvalue weighted by Crippen LogP contribution is 2.65. The molecule has 52 heavy (non-hydrogen) atoms. The van der Waals surface area contributed by atoms with E-state index in [1.54, 1.807) is 20.1 Å². The summed E-state index contributed by atoms with van der Waals surface area (Å²) >= 11 is 0. The minimum absolute atomic E-state index is 0.0116. The number of fused-ring (bicyclic) bond motifs is 2. The van der Waals surface area contributed by atoms with Gasteiger partial charge in [0.15, 0.2) is 0 Å². The van der Waals surface area contributed by atoms with Gasteiger partial charge in [0.1, 0.15) is 24.1 Å². The van der Waals surface area contributed by atoms with Gasteiger partial charge in [-0.25, -0.2) is 9.37 Å². The normalized spacial score (nSPS) is 17.2. The number of nitrogens with one attached hydrogen (secondary N) is 2. The Morgan fingerprint density at radius 1 is 1.17 bits per heavy atom. The summed E-state index contributed by atoms with van der Waals surface area (Å²) in [6.45, 7) is 10.0. The minimum Gasteiger partial charge on any atom is -0.473 e. The number of imidazole rings is 1. The number of pyridine rings is 1. The van der Waals surface area contributed by atoms with Gasteiger partial charge in [-0.2, -0.15) is 15.3 Å². The molecule has 0 radical (unpaired) electrons. The van der Waals surface area contributed by atoms with E-state index in [4.69, 9.17) is 24.7 Å². The van der Waals surface area contributed by atoms with Crippen molar-refractivity contribution in [3.63, 3.8) is 0 Å². The van der Waals surface area contributed by atoms with Crippen LogP contribution in [0.1, 0.15) is 54.0 Å². The fourth-order valence-corrected chi connectivity index (χ4v) is 7.15. The molecule has 1 saturated carbocycles. The van der Waals surface area contributed by atoms with Crippen molar-refractivity contribution in [3.8, 4) is 11.9 Å². The van der Waals surface area contributed by atoms with E-state index in [0.29, 0.717) is 41.8 Å². The summed E-state index contributed by atoms with van der Waals surface area (Å²) in [5.41, 5.74) is 5.51. The van der Waals surface area contributed by atoms with Crippen LogP contribution in [-0.4, -0.2) is 64.1 Å². The lowest BCUT2D eigenvalue weighted by atomic mass is 9.90. The molecule has 266 valence electrons. The number of nitrogens with zero attached hydrogens (tertiary/aromatic N) is 6. The van der Waals surface area contributed by atoms with E-state index < -0.39 is 5.83 Å². The third-order valence-electron chi connectivity index (χ3n) is 10.3. The first-order valence-corrected chi connectivity index (χ1v) is 17.4. The average Bonchev–Trinajstić information content (AvgIpc) is 3.53. The van der Waals surface area contributed by atoms with Crippen LogP contribution >= 0.6 is 0 Å². The molecule has 2 N–H and O–H groups in total. The Labute approximate surface area is 301 Å². The van der Waals surface area contributed by atoms with Crippen molar-refractivity contribution in [3.05, 3.63) is 107 Å². The van der Waals surface area contributed by atoms with Crippen LogP contribution in [-0.2, 0) is 11.3 Å². The quantitative estimate of drug-likeness (QED) is 0.101. The molecule has 3 aromatic heterocycles. The van der Waals surface area contributed by atoms with Gasteiger partial charge >= 0.3 is 0 Å². The first kappa shape index (κ1) is 34.6. The zero-order valence-electron chi connectivity index (χ0n) is 29.6. The molecule has 2 aromatic carbocycles. The second-order valence-corrected chi connectivity index (χ2v) is 13.6. The minimum atomic E-state index is -0.524. The third-order valence-corrected chi connectivity index (χ3v) is 10.3. The molecule has 1 aliphatic carbocycles. The van der Waals surface area contributed by atoms with E-state index in [9.17, 15) is 9.18 Å². The van der Waals surface area contributed by atoms with Gasteiger partial charge in [0.05, 0.1) is 34.8 Å². The molecule has 0 bridgehead atoms. The number of anilines is 2. The summed E-state index contributed by atoms with van der Waals surface area (Å²) in [6.07, 6.45) is 5.51. The summed E-state index contributed by atoms with van der Waals surface area (Å²) < 4.78 is 28.1. The number of rotatable bonds is 12. The molecule has 5 aromatic rings. The van der Waals surface area contributed by atoms with Crippen LogP contribution in [0.5, 0.6) is 5.88 Å². The Balaban J connectivity index is 1.03. The fraction of sp³-hybridized carbons (Fsp3) is 0.325. The van der Waals surface area contributed by atoms with Gasteiger partial charge in [-0.1, -0.05) is 18.7 Å². The van der Waals surface area contributed by atoms with Crippen LogP contribution in [0, 0.1) is 23.7 Å². The summed E-state index contributed by atoms with van der Waals surface area (Å²) in [5, 5.41) is 20.3. The maximum absolute atomic E-state index is 14.5. The van der Waals surface area contributed by atoms with Crippen LogP contribution in [0.3, 0.4) is 0 Å². The van der Waals surface area contributed by atoms with Gasteiger partial charge in [-0.05, 0) is 92.6 Å². The number of methoxy groups -OCH3 is 1. The van der Waals surface area contributed by atoms with Crippen LogP contribution in [0.25, 0.3) is 21.9 Å². The van der Waals surface area contributed by atoms with Crippen molar-refractivity contribution in [2.24, 2.45) is 5.41 Å². The topological polar surface area (TPSA) is 134 Å².